The van der Waals surface area contributed by atoms with E-state index in [1.54, 1.807) is 12.1 Å². The van der Waals surface area contributed by atoms with Crippen molar-refractivity contribution in [2.45, 2.75) is 52.1 Å². The molecule has 0 radical (unpaired) electrons. The molecular formula is C24H29N3O3. The Morgan fingerprint density at radius 3 is 2.43 bits per heavy atom. The molecule has 0 aliphatic rings. The van der Waals surface area contributed by atoms with E-state index in [1.165, 1.54) is 7.11 Å². The fourth-order valence-corrected chi connectivity index (χ4v) is 3.59. The van der Waals surface area contributed by atoms with Crippen LogP contribution >= 0.6 is 0 Å². The van der Waals surface area contributed by atoms with Crippen LogP contribution in [0.2, 0.25) is 0 Å². The van der Waals surface area contributed by atoms with Gasteiger partial charge in [0.25, 0.3) is 0 Å². The molecule has 0 aliphatic heterocycles. The minimum atomic E-state index is -0.382. The number of hydrogen-bond donors (Lipinski definition) is 1. The maximum atomic E-state index is 13.1. The van der Waals surface area contributed by atoms with E-state index in [9.17, 15) is 9.59 Å². The van der Waals surface area contributed by atoms with Crippen LogP contribution in [-0.2, 0) is 9.53 Å². The average molecular weight is 408 g/mol. The highest BCUT2D eigenvalue weighted by molar-refractivity contribution is 5.90. The Labute approximate surface area is 177 Å². The van der Waals surface area contributed by atoms with Crippen LogP contribution in [-0.4, -0.2) is 34.6 Å². The highest BCUT2D eigenvalue weighted by Crippen LogP contribution is 2.31. The highest BCUT2D eigenvalue weighted by atomic mass is 16.5. The predicted molar refractivity (Wildman–Crippen MR) is 118 cm³/mol. The Hall–Kier alpha value is -3.15. The molecule has 0 aliphatic carbocycles. The van der Waals surface area contributed by atoms with Gasteiger partial charge in [0, 0.05) is 11.6 Å². The summed E-state index contributed by atoms with van der Waals surface area (Å²) in [7, 11) is 1.36. The molecule has 3 aromatic rings. The fraction of sp³-hybridized carbons (Fsp3) is 0.375. The lowest BCUT2D eigenvalue weighted by molar-refractivity contribution is -0.124. The number of ether oxygens (including phenoxy) is 1. The zero-order valence-corrected chi connectivity index (χ0v) is 18.0. The summed E-state index contributed by atoms with van der Waals surface area (Å²) in [5.74, 6) is 0.328. The van der Waals surface area contributed by atoms with Crippen LogP contribution in [0.1, 0.15) is 56.4 Å². The monoisotopic (exact) mass is 407 g/mol. The van der Waals surface area contributed by atoms with Crippen LogP contribution in [0.25, 0.3) is 22.4 Å². The van der Waals surface area contributed by atoms with Gasteiger partial charge in [-0.05, 0) is 44.5 Å². The summed E-state index contributed by atoms with van der Waals surface area (Å²) >= 11 is 0. The number of para-hydroxylation sites is 2. The van der Waals surface area contributed by atoms with E-state index in [2.05, 4.69) is 12.2 Å². The SMILES string of the molecule is CCCCC(C(=O)NC(C)C)n1c(-c2ccc(C(=O)OC)cc2)nc2ccccc21. The molecule has 0 spiro atoms. The van der Waals surface area contributed by atoms with Gasteiger partial charge < -0.3 is 14.6 Å². The number of unbranched alkanes of at least 4 members (excludes halogenated alkanes) is 1. The van der Waals surface area contributed by atoms with Crippen molar-refractivity contribution in [3.8, 4) is 11.4 Å². The van der Waals surface area contributed by atoms with E-state index < -0.39 is 0 Å². The second-order valence-electron chi connectivity index (χ2n) is 7.68. The van der Waals surface area contributed by atoms with Crippen molar-refractivity contribution in [3.63, 3.8) is 0 Å². The number of carbonyl (C=O) groups excluding carboxylic acids is 2. The molecule has 1 heterocycles. The van der Waals surface area contributed by atoms with Gasteiger partial charge in [0.2, 0.25) is 5.91 Å². The van der Waals surface area contributed by atoms with Crippen molar-refractivity contribution in [2.75, 3.05) is 7.11 Å². The van der Waals surface area contributed by atoms with Crippen molar-refractivity contribution in [2.24, 2.45) is 0 Å². The van der Waals surface area contributed by atoms with Crippen LogP contribution in [0.4, 0.5) is 0 Å². The van der Waals surface area contributed by atoms with Gasteiger partial charge in [0.05, 0.1) is 23.7 Å². The molecule has 1 unspecified atom stereocenters. The predicted octanol–water partition coefficient (Wildman–Crippen LogP) is 4.75. The molecule has 6 heteroatoms. The third-order valence-electron chi connectivity index (χ3n) is 5.04. The van der Waals surface area contributed by atoms with E-state index in [0.29, 0.717) is 11.4 Å². The van der Waals surface area contributed by atoms with Crippen molar-refractivity contribution < 1.29 is 14.3 Å². The van der Waals surface area contributed by atoms with E-state index in [1.807, 2.05) is 54.8 Å². The summed E-state index contributed by atoms with van der Waals surface area (Å²) in [6.45, 7) is 6.05. The molecule has 0 saturated carbocycles. The minimum Gasteiger partial charge on any atom is -0.465 e. The number of esters is 1. The molecular weight excluding hydrogens is 378 g/mol. The molecule has 1 aromatic heterocycles. The quantitative estimate of drug-likeness (QED) is 0.547. The lowest BCUT2D eigenvalue weighted by Gasteiger charge is -2.22. The number of carbonyl (C=O) groups is 2. The standard InChI is InChI=1S/C24H29N3O3/c1-5-6-10-21(23(28)25-16(2)3)27-20-11-8-7-9-19(20)26-22(27)17-12-14-18(15-13-17)24(29)30-4/h7-9,11-16,21H,5-6,10H2,1-4H3,(H,25,28). The average Bonchev–Trinajstić information content (AvgIpc) is 3.12. The van der Waals surface area contributed by atoms with Gasteiger partial charge in [-0.15, -0.1) is 0 Å². The van der Waals surface area contributed by atoms with Crippen LogP contribution in [0.3, 0.4) is 0 Å². The summed E-state index contributed by atoms with van der Waals surface area (Å²) in [5.41, 5.74) is 3.08. The number of hydrogen-bond acceptors (Lipinski definition) is 4. The molecule has 0 fully saturated rings. The second-order valence-corrected chi connectivity index (χ2v) is 7.68. The number of fused-ring (bicyclic) bond motifs is 1. The first kappa shape index (κ1) is 21.6. The number of rotatable bonds is 8. The number of nitrogens with zero attached hydrogens (tertiary/aromatic N) is 2. The maximum Gasteiger partial charge on any atom is 0.337 e. The molecule has 0 saturated heterocycles. The van der Waals surface area contributed by atoms with Crippen molar-refractivity contribution in [1.82, 2.24) is 14.9 Å². The number of nitrogens with one attached hydrogen (secondary N) is 1. The zero-order valence-electron chi connectivity index (χ0n) is 18.0. The lowest BCUT2D eigenvalue weighted by atomic mass is 10.1. The topological polar surface area (TPSA) is 73.2 Å². The maximum absolute atomic E-state index is 13.1. The highest BCUT2D eigenvalue weighted by Gasteiger charge is 2.26. The molecule has 30 heavy (non-hydrogen) atoms. The summed E-state index contributed by atoms with van der Waals surface area (Å²) in [4.78, 5) is 29.8. The van der Waals surface area contributed by atoms with Crippen molar-refractivity contribution in [1.29, 1.82) is 0 Å². The first-order valence-corrected chi connectivity index (χ1v) is 10.4. The summed E-state index contributed by atoms with van der Waals surface area (Å²) < 4.78 is 6.83. The number of amides is 1. The van der Waals surface area contributed by atoms with E-state index in [-0.39, 0.29) is 24.0 Å². The zero-order chi connectivity index (χ0) is 21.7. The normalized spacial score (nSPS) is 12.2. The first-order valence-electron chi connectivity index (χ1n) is 10.4. The van der Waals surface area contributed by atoms with E-state index in [4.69, 9.17) is 9.72 Å². The van der Waals surface area contributed by atoms with Crippen LogP contribution in [0.15, 0.2) is 48.5 Å². The van der Waals surface area contributed by atoms with Gasteiger partial charge in [-0.3, -0.25) is 4.79 Å². The van der Waals surface area contributed by atoms with Gasteiger partial charge in [-0.1, -0.05) is 44.0 Å². The minimum absolute atomic E-state index is 0.00552. The van der Waals surface area contributed by atoms with Crippen molar-refractivity contribution >= 4 is 22.9 Å². The molecule has 2 aromatic carbocycles. The van der Waals surface area contributed by atoms with Gasteiger partial charge in [-0.2, -0.15) is 0 Å². The van der Waals surface area contributed by atoms with Crippen LogP contribution < -0.4 is 5.32 Å². The van der Waals surface area contributed by atoms with Gasteiger partial charge in [0.1, 0.15) is 11.9 Å². The molecule has 6 nitrogen and oxygen atoms in total. The Morgan fingerprint density at radius 2 is 1.80 bits per heavy atom. The Bertz CT molecular complexity index is 1020. The first-order chi connectivity index (χ1) is 14.5. The Morgan fingerprint density at radius 1 is 1.10 bits per heavy atom. The molecule has 0 bridgehead atoms. The Kier molecular flexibility index (Phi) is 6.87. The lowest BCUT2D eigenvalue weighted by Crippen LogP contribution is -2.37. The van der Waals surface area contributed by atoms with Gasteiger partial charge in [0.15, 0.2) is 0 Å². The molecule has 1 amide bonds. The second kappa shape index (κ2) is 9.57. The number of methoxy groups -OCH3 is 1. The van der Waals surface area contributed by atoms with Crippen molar-refractivity contribution in [3.05, 3.63) is 54.1 Å². The van der Waals surface area contributed by atoms with E-state index >= 15 is 0 Å². The van der Waals surface area contributed by atoms with Crippen LogP contribution in [0.5, 0.6) is 0 Å². The smallest absolute Gasteiger partial charge is 0.337 e. The fourth-order valence-electron chi connectivity index (χ4n) is 3.59. The molecule has 1 atom stereocenters. The molecule has 3 rings (SSSR count). The Balaban J connectivity index is 2.14. The summed E-state index contributed by atoms with van der Waals surface area (Å²) in [6, 6.07) is 14.7. The van der Waals surface area contributed by atoms with E-state index in [0.717, 1.165) is 35.9 Å². The third-order valence-corrected chi connectivity index (χ3v) is 5.04. The molecule has 158 valence electrons. The van der Waals surface area contributed by atoms with Gasteiger partial charge in [-0.25, -0.2) is 9.78 Å². The molecule has 1 N–H and O–H groups in total. The largest absolute Gasteiger partial charge is 0.465 e. The summed E-state index contributed by atoms with van der Waals surface area (Å²) in [5, 5.41) is 3.07. The number of aromatic nitrogens is 2. The number of benzene rings is 2. The number of imidazole rings is 1. The van der Waals surface area contributed by atoms with Crippen LogP contribution in [0, 0.1) is 0 Å². The third kappa shape index (κ3) is 4.53. The van der Waals surface area contributed by atoms with Gasteiger partial charge >= 0.3 is 5.97 Å². The summed E-state index contributed by atoms with van der Waals surface area (Å²) in [6.07, 6.45) is 2.66.